The minimum atomic E-state index is -0.361. The Morgan fingerprint density at radius 3 is 2.62 bits per heavy atom. The zero-order valence-corrected chi connectivity index (χ0v) is 12.5. The molecule has 3 rings (SSSR count). The van der Waals surface area contributed by atoms with Gasteiger partial charge in [-0.05, 0) is 23.8 Å². The molecular weight excluding hydrogens is 307 g/mol. The van der Waals surface area contributed by atoms with E-state index < -0.39 is 0 Å². The summed E-state index contributed by atoms with van der Waals surface area (Å²) in [4.78, 5) is 4.53. The molecule has 0 spiro atoms. The van der Waals surface area contributed by atoms with E-state index in [1.807, 2.05) is 35.7 Å². The van der Waals surface area contributed by atoms with Gasteiger partial charge in [-0.2, -0.15) is 0 Å². The van der Waals surface area contributed by atoms with Crippen molar-refractivity contribution < 1.29 is 4.39 Å². The van der Waals surface area contributed by atoms with Crippen LogP contribution in [0.25, 0.3) is 11.3 Å². The van der Waals surface area contributed by atoms with Crippen molar-refractivity contribution in [2.45, 2.75) is 6.04 Å². The first-order valence-electron chi connectivity index (χ1n) is 6.36. The molecule has 2 N–H and O–H groups in total. The van der Waals surface area contributed by atoms with E-state index in [2.05, 4.69) is 4.98 Å². The largest absolute Gasteiger partial charge is 0.318 e. The number of hydrogen-bond donors (Lipinski definition) is 1. The summed E-state index contributed by atoms with van der Waals surface area (Å²) in [6.07, 6.45) is 0. The molecule has 1 heterocycles. The Morgan fingerprint density at radius 1 is 1.14 bits per heavy atom. The van der Waals surface area contributed by atoms with Crippen LogP contribution in [-0.4, -0.2) is 4.98 Å². The lowest BCUT2D eigenvalue weighted by atomic mass is 10.1. The maximum absolute atomic E-state index is 13.1. The summed E-state index contributed by atoms with van der Waals surface area (Å²) >= 11 is 7.53. The van der Waals surface area contributed by atoms with Crippen LogP contribution in [0.4, 0.5) is 4.39 Å². The second-order valence-electron chi connectivity index (χ2n) is 4.58. The van der Waals surface area contributed by atoms with Crippen molar-refractivity contribution in [1.29, 1.82) is 0 Å². The van der Waals surface area contributed by atoms with Crippen LogP contribution in [0.15, 0.2) is 53.9 Å². The Labute approximate surface area is 131 Å². The maximum Gasteiger partial charge on any atom is 0.124 e. The van der Waals surface area contributed by atoms with Crippen LogP contribution in [0, 0.1) is 5.82 Å². The number of aromatic nitrogens is 1. The van der Waals surface area contributed by atoms with Crippen LogP contribution in [0.1, 0.15) is 16.6 Å². The van der Waals surface area contributed by atoms with Gasteiger partial charge in [-0.3, -0.25) is 0 Å². The van der Waals surface area contributed by atoms with Crippen molar-refractivity contribution in [3.63, 3.8) is 0 Å². The number of nitrogens with two attached hydrogens (primary N) is 1. The first kappa shape index (κ1) is 14.2. The van der Waals surface area contributed by atoms with Crippen LogP contribution in [-0.2, 0) is 0 Å². The molecule has 0 bridgehead atoms. The van der Waals surface area contributed by atoms with Crippen LogP contribution < -0.4 is 5.73 Å². The summed E-state index contributed by atoms with van der Waals surface area (Å²) in [6.45, 7) is 0. The standard InChI is InChI=1S/C16H12ClFN2S/c17-13-8-11(18)6-7-12(13)14-9-21-16(20-14)15(19)10-4-2-1-3-5-10/h1-9,15H,19H2. The fourth-order valence-corrected chi connectivity index (χ4v) is 3.16. The molecule has 21 heavy (non-hydrogen) atoms. The molecule has 0 aliphatic carbocycles. The zero-order chi connectivity index (χ0) is 14.8. The number of nitrogens with zero attached hydrogens (tertiary/aromatic N) is 1. The lowest BCUT2D eigenvalue weighted by Crippen LogP contribution is -2.11. The molecule has 0 aliphatic rings. The highest BCUT2D eigenvalue weighted by Crippen LogP contribution is 2.32. The highest BCUT2D eigenvalue weighted by molar-refractivity contribution is 7.10. The molecule has 5 heteroatoms. The highest BCUT2D eigenvalue weighted by Gasteiger charge is 2.15. The molecule has 0 saturated carbocycles. The van der Waals surface area contributed by atoms with Gasteiger partial charge in [0, 0.05) is 10.9 Å². The Kier molecular flexibility index (Phi) is 4.01. The molecule has 106 valence electrons. The Morgan fingerprint density at radius 2 is 1.90 bits per heavy atom. The topological polar surface area (TPSA) is 38.9 Å². The van der Waals surface area contributed by atoms with Crippen molar-refractivity contribution in [2.75, 3.05) is 0 Å². The molecule has 0 amide bonds. The van der Waals surface area contributed by atoms with Gasteiger partial charge in [-0.25, -0.2) is 9.37 Å². The van der Waals surface area contributed by atoms with Gasteiger partial charge in [-0.1, -0.05) is 41.9 Å². The van der Waals surface area contributed by atoms with Gasteiger partial charge in [0.2, 0.25) is 0 Å². The lowest BCUT2D eigenvalue weighted by molar-refractivity contribution is 0.628. The van der Waals surface area contributed by atoms with E-state index >= 15 is 0 Å². The van der Waals surface area contributed by atoms with Crippen LogP contribution in [0.2, 0.25) is 5.02 Å². The smallest absolute Gasteiger partial charge is 0.124 e. The highest BCUT2D eigenvalue weighted by atomic mass is 35.5. The molecule has 1 aromatic heterocycles. The van der Waals surface area contributed by atoms with Crippen molar-refractivity contribution in [2.24, 2.45) is 5.73 Å². The third-order valence-corrected chi connectivity index (χ3v) is 4.39. The van der Waals surface area contributed by atoms with Gasteiger partial charge >= 0.3 is 0 Å². The number of halogens is 2. The summed E-state index contributed by atoms with van der Waals surface area (Å²) in [5.74, 6) is -0.361. The van der Waals surface area contributed by atoms with Gasteiger partial charge in [0.05, 0.1) is 16.8 Å². The van der Waals surface area contributed by atoms with Gasteiger partial charge < -0.3 is 5.73 Å². The number of rotatable bonds is 3. The summed E-state index contributed by atoms with van der Waals surface area (Å²) in [6, 6.07) is 13.8. The quantitative estimate of drug-likeness (QED) is 0.763. The molecule has 1 atom stereocenters. The summed E-state index contributed by atoms with van der Waals surface area (Å²) in [5.41, 5.74) is 8.65. The zero-order valence-electron chi connectivity index (χ0n) is 11.0. The predicted octanol–water partition coefficient (Wildman–Crippen LogP) is 4.65. The molecule has 0 aliphatic heterocycles. The Balaban J connectivity index is 1.93. The van der Waals surface area contributed by atoms with Crippen molar-refractivity contribution in [3.8, 4) is 11.3 Å². The normalized spacial score (nSPS) is 12.3. The van der Waals surface area contributed by atoms with Crippen molar-refractivity contribution >= 4 is 22.9 Å². The van der Waals surface area contributed by atoms with Crippen molar-refractivity contribution in [3.05, 3.63) is 75.3 Å². The second-order valence-corrected chi connectivity index (χ2v) is 5.88. The van der Waals surface area contributed by atoms with E-state index in [9.17, 15) is 4.39 Å². The fourth-order valence-electron chi connectivity index (χ4n) is 2.05. The first-order chi connectivity index (χ1) is 10.1. The Hall–Kier alpha value is -1.75. The monoisotopic (exact) mass is 318 g/mol. The third kappa shape index (κ3) is 2.97. The summed E-state index contributed by atoms with van der Waals surface area (Å²) < 4.78 is 13.1. The molecule has 2 nitrogen and oxygen atoms in total. The van der Waals surface area contributed by atoms with E-state index in [1.54, 1.807) is 6.07 Å². The molecule has 0 radical (unpaired) electrons. The van der Waals surface area contributed by atoms with Crippen LogP contribution >= 0.6 is 22.9 Å². The molecule has 0 fully saturated rings. The molecule has 1 unspecified atom stereocenters. The van der Waals surface area contributed by atoms with Gasteiger partial charge in [-0.15, -0.1) is 11.3 Å². The SMILES string of the molecule is NC(c1ccccc1)c1nc(-c2ccc(F)cc2Cl)cs1. The van der Waals surface area contributed by atoms with Gasteiger partial charge in [0.15, 0.2) is 0 Å². The minimum absolute atomic E-state index is 0.274. The average Bonchev–Trinajstić information content (AvgIpc) is 2.97. The lowest BCUT2D eigenvalue weighted by Gasteiger charge is -2.08. The third-order valence-electron chi connectivity index (χ3n) is 3.15. The van der Waals surface area contributed by atoms with E-state index in [0.29, 0.717) is 16.3 Å². The van der Waals surface area contributed by atoms with Crippen molar-refractivity contribution in [1.82, 2.24) is 4.98 Å². The van der Waals surface area contributed by atoms with E-state index in [1.165, 1.54) is 23.5 Å². The Bertz CT molecular complexity index is 758. The fraction of sp³-hybridized carbons (Fsp3) is 0.0625. The van der Waals surface area contributed by atoms with Gasteiger partial charge in [0.1, 0.15) is 10.8 Å². The summed E-state index contributed by atoms with van der Waals surface area (Å²) in [7, 11) is 0. The number of hydrogen-bond acceptors (Lipinski definition) is 3. The number of thiazole rings is 1. The molecule has 3 aromatic rings. The van der Waals surface area contributed by atoms with Crippen LogP contribution in [0.5, 0.6) is 0 Å². The van der Waals surface area contributed by atoms with E-state index in [4.69, 9.17) is 17.3 Å². The first-order valence-corrected chi connectivity index (χ1v) is 7.62. The van der Waals surface area contributed by atoms with E-state index in [-0.39, 0.29) is 11.9 Å². The minimum Gasteiger partial charge on any atom is -0.318 e. The molecule has 0 saturated heterocycles. The molecule has 2 aromatic carbocycles. The second kappa shape index (κ2) is 5.93. The van der Waals surface area contributed by atoms with Gasteiger partial charge in [0.25, 0.3) is 0 Å². The maximum atomic E-state index is 13.1. The van der Waals surface area contributed by atoms with Crippen LogP contribution in [0.3, 0.4) is 0 Å². The average molecular weight is 319 g/mol. The summed E-state index contributed by atoms with van der Waals surface area (Å²) in [5, 5.41) is 3.04. The van der Waals surface area contributed by atoms with E-state index in [0.717, 1.165) is 10.6 Å². The molecular formula is C16H12ClFN2S. The number of benzene rings is 2. The predicted molar refractivity (Wildman–Crippen MR) is 85.0 cm³/mol.